The molecule has 0 fully saturated rings. The minimum Gasteiger partial charge on any atom is -0.480 e. The highest BCUT2D eigenvalue weighted by Crippen LogP contribution is 2.45. The van der Waals surface area contributed by atoms with Crippen LogP contribution < -0.4 is 0 Å². The van der Waals surface area contributed by atoms with E-state index in [4.69, 9.17) is 33.5 Å². The molecule has 0 saturated carbocycles. The maximum absolute atomic E-state index is 12.1. The summed E-state index contributed by atoms with van der Waals surface area (Å²) in [6.45, 7) is 2.29. The van der Waals surface area contributed by atoms with E-state index >= 15 is 0 Å². The number of hydrogen-bond acceptors (Lipinski definition) is 11. The molecule has 6 rings (SSSR count). The molecular weight excluding hydrogens is 732 g/mol. The van der Waals surface area contributed by atoms with Crippen LogP contribution in [0.4, 0.5) is 0 Å². The number of ether oxygens (including phenoxy) is 7. The average Bonchev–Trinajstić information content (AvgIpc) is 3.73. The zero-order valence-electron chi connectivity index (χ0n) is 32.2. The van der Waals surface area contributed by atoms with E-state index in [9.17, 15) is 19.2 Å². The van der Waals surface area contributed by atoms with Crippen molar-refractivity contribution >= 4 is 23.9 Å². The first kappa shape index (κ1) is 42.7. The zero-order chi connectivity index (χ0) is 40.2. The lowest BCUT2D eigenvalue weighted by Gasteiger charge is -2.14. The normalized spacial score (nSPS) is 12.4. The van der Waals surface area contributed by atoms with Crippen LogP contribution in [0.25, 0.3) is 22.3 Å². The zero-order valence-corrected chi connectivity index (χ0v) is 32.2. The van der Waals surface area contributed by atoms with Gasteiger partial charge in [-0.25, -0.2) is 9.59 Å². The fraction of sp³-hybridized carbons (Fsp3) is 0.378. The van der Waals surface area contributed by atoms with Crippen molar-refractivity contribution in [3.63, 3.8) is 0 Å². The van der Waals surface area contributed by atoms with Gasteiger partial charge in [-0.15, -0.1) is 0 Å². The standard InChI is InChI=1S/C23H26O6.C22H24O6/c1-26-23(25)16-28-14-13-27-12-6-11-22(24)29-15-21-19-9-4-2-7-17(19)18-8-3-5-10-20(18)21;23-21(24)15-27-13-12-26-11-5-10-22(25)28-14-20-18-8-3-1-6-16(18)17-7-2-4-9-19(17)20/h2-5,7-10,21H,6,11-16H2,1H3;1-4,6-9,20H,5,10-15H2,(H,23,24). The van der Waals surface area contributed by atoms with Gasteiger partial charge in [-0.1, -0.05) is 97.1 Å². The molecule has 0 aromatic heterocycles. The van der Waals surface area contributed by atoms with E-state index < -0.39 is 11.9 Å². The number of fused-ring (bicyclic) bond motifs is 6. The summed E-state index contributed by atoms with van der Waals surface area (Å²) in [5, 5.41) is 8.44. The van der Waals surface area contributed by atoms with E-state index in [1.807, 2.05) is 48.5 Å². The summed E-state index contributed by atoms with van der Waals surface area (Å²) in [5.74, 6) is -1.74. The van der Waals surface area contributed by atoms with E-state index in [0.717, 1.165) is 0 Å². The molecule has 4 aromatic rings. The Morgan fingerprint density at radius 3 is 1.19 bits per heavy atom. The summed E-state index contributed by atoms with van der Waals surface area (Å²) in [7, 11) is 1.31. The third kappa shape index (κ3) is 12.8. The molecule has 57 heavy (non-hydrogen) atoms. The van der Waals surface area contributed by atoms with Gasteiger partial charge in [0.1, 0.15) is 26.4 Å². The van der Waals surface area contributed by atoms with Crippen molar-refractivity contribution in [2.24, 2.45) is 0 Å². The second kappa shape index (κ2) is 23.0. The van der Waals surface area contributed by atoms with Gasteiger partial charge in [0.05, 0.1) is 33.5 Å². The Labute approximate surface area is 332 Å². The molecule has 0 spiro atoms. The van der Waals surface area contributed by atoms with Gasteiger partial charge in [0.2, 0.25) is 0 Å². The summed E-state index contributed by atoms with van der Waals surface area (Å²) in [5.41, 5.74) is 9.64. The summed E-state index contributed by atoms with van der Waals surface area (Å²) >= 11 is 0. The van der Waals surface area contributed by atoms with Gasteiger partial charge in [0.15, 0.2) is 0 Å². The average molecular weight is 783 g/mol. The SMILES string of the molecule is COC(=O)COCCOCCCC(=O)OCC1c2ccccc2-c2ccccc21.O=C(O)COCCOCCCC(=O)OCC1c2ccccc2-c2ccccc21. The number of esters is 3. The topological polar surface area (TPSA) is 153 Å². The minimum absolute atomic E-state index is 0.0685. The van der Waals surface area contributed by atoms with Crippen LogP contribution in [0.1, 0.15) is 59.8 Å². The predicted molar refractivity (Wildman–Crippen MR) is 211 cm³/mol. The van der Waals surface area contributed by atoms with Gasteiger partial charge in [-0.2, -0.15) is 0 Å². The molecule has 0 atom stereocenters. The molecule has 0 amide bonds. The number of benzene rings is 4. The summed E-state index contributed by atoms with van der Waals surface area (Å²) in [6, 6.07) is 33.0. The number of rotatable bonds is 22. The van der Waals surface area contributed by atoms with Gasteiger partial charge >= 0.3 is 23.9 Å². The molecule has 302 valence electrons. The quantitative estimate of drug-likeness (QED) is 0.0522. The van der Waals surface area contributed by atoms with Crippen LogP contribution in [0, 0.1) is 0 Å². The smallest absolute Gasteiger partial charge is 0.331 e. The maximum atomic E-state index is 12.1. The largest absolute Gasteiger partial charge is 0.480 e. The Morgan fingerprint density at radius 2 is 0.825 bits per heavy atom. The fourth-order valence-electron chi connectivity index (χ4n) is 6.83. The Balaban J connectivity index is 0.000000218. The second-order valence-electron chi connectivity index (χ2n) is 13.3. The van der Waals surface area contributed by atoms with Crippen LogP contribution in [0.3, 0.4) is 0 Å². The third-order valence-corrected chi connectivity index (χ3v) is 9.50. The molecule has 12 nitrogen and oxygen atoms in total. The molecule has 0 unspecified atom stereocenters. The van der Waals surface area contributed by atoms with Crippen molar-refractivity contribution in [3.05, 3.63) is 119 Å². The second-order valence-corrected chi connectivity index (χ2v) is 13.3. The Kier molecular flexibility index (Phi) is 17.2. The molecule has 0 saturated heterocycles. The molecular formula is C45H50O12. The van der Waals surface area contributed by atoms with Gasteiger partial charge < -0.3 is 38.3 Å². The molecule has 2 aliphatic carbocycles. The lowest BCUT2D eigenvalue weighted by Crippen LogP contribution is -2.14. The number of carbonyl (C=O) groups excluding carboxylic acids is 3. The lowest BCUT2D eigenvalue weighted by molar-refractivity contribution is -0.147. The molecule has 2 aliphatic rings. The molecule has 4 aromatic carbocycles. The molecule has 0 aliphatic heterocycles. The Bertz CT molecular complexity index is 1830. The van der Waals surface area contributed by atoms with E-state index in [2.05, 4.69) is 53.3 Å². The first-order chi connectivity index (χ1) is 27.9. The van der Waals surface area contributed by atoms with Crippen LogP contribution in [-0.4, -0.2) is 102 Å². The van der Waals surface area contributed by atoms with E-state index in [1.165, 1.54) is 51.6 Å². The van der Waals surface area contributed by atoms with Crippen molar-refractivity contribution in [3.8, 4) is 22.3 Å². The third-order valence-electron chi connectivity index (χ3n) is 9.50. The lowest BCUT2D eigenvalue weighted by atomic mass is 9.98. The number of carboxylic acid groups (broad SMARTS) is 1. The van der Waals surface area contributed by atoms with E-state index in [-0.39, 0.29) is 50.0 Å². The van der Waals surface area contributed by atoms with Crippen LogP contribution >= 0.6 is 0 Å². The van der Waals surface area contributed by atoms with Crippen molar-refractivity contribution in [2.45, 2.75) is 37.5 Å². The summed E-state index contributed by atoms with van der Waals surface area (Å²) < 4.78 is 36.2. The van der Waals surface area contributed by atoms with Gasteiger partial charge in [-0.05, 0) is 57.3 Å². The molecule has 12 heteroatoms. The van der Waals surface area contributed by atoms with Crippen molar-refractivity contribution in [2.75, 3.05) is 73.2 Å². The minimum atomic E-state index is -1.00. The first-order valence-electron chi connectivity index (χ1n) is 19.1. The number of aliphatic carboxylic acids is 1. The Morgan fingerprint density at radius 1 is 0.474 bits per heavy atom. The number of methoxy groups -OCH3 is 1. The van der Waals surface area contributed by atoms with E-state index in [0.29, 0.717) is 65.5 Å². The van der Waals surface area contributed by atoms with Crippen LogP contribution in [0.15, 0.2) is 97.1 Å². The maximum Gasteiger partial charge on any atom is 0.331 e. The fourth-order valence-corrected chi connectivity index (χ4v) is 6.83. The van der Waals surface area contributed by atoms with E-state index in [1.54, 1.807) is 0 Å². The summed E-state index contributed by atoms with van der Waals surface area (Å²) in [4.78, 5) is 45.3. The van der Waals surface area contributed by atoms with Crippen LogP contribution in [0.5, 0.6) is 0 Å². The molecule has 0 heterocycles. The van der Waals surface area contributed by atoms with Gasteiger partial charge in [0.25, 0.3) is 0 Å². The first-order valence-corrected chi connectivity index (χ1v) is 19.1. The monoisotopic (exact) mass is 782 g/mol. The highest BCUT2D eigenvalue weighted by molar-refractivity contribution is 5.80. The highest BCUT2D eigenvalue weighted by Gasteiger charge is 2.30. The van der Waals surface area contributed by atoms with Crippen molar-refractivity contribution in [1.82, 2.24) is 0 Å². The van der Waals surface area contributed by atoms with Crippen molar-refractivity contribution in [1.29, 1.82) is 0 Å². The van der Waals surface area contributed by atoms with Crippen LogP contribution in [0.2, 0.25) is 0 Å². The highest BCUT2D eigenvalue weighted by atomic mass is 16.6. The van der Waals surface area contributed by atoms with Gasteiger partial charge in [0, 0.05) is 37.9 Å². The number of hydrogen-bond donors (Lipinski definition) is 1. The summed E-state index contributed by atoms with van der Waals surface area (Å²) in [6.07, 6.45) is 1.72. The van der Waals surface area contributed by atoms with Crippen LogP contribution in [-0.2, 0) is 52.3 Å². The number of carboxylic acids is 1. The van der Waals surface area contributed by atoms with Gasteiger partial charge in [-0.3, -0.25) is 9.59 Å². The van der Waals surface area contributed by atoms with Crippen molar-refractivity contribution < 1.29 is 57.4 Å². The predicted octanol–water partition coefficient (Wildman–Crippen LogP) is 6.57. The number of carbonyl (C=O) groups is 4. The molecule has 1 N–H and O–H groups in total. The molecule has 0 radical (unpaired) electrons. The Hall–Kier alpha value is -5.40. The molecule has 0 bridgehead atoms.